The lowest BCUT2D eigenvalue weighted by Gasteiger charge is -2.15. The molecule has 152 valence electrons. The largest absolute Gasteiger partial charge is 0.573 e. The molecule has 30 heavy (non-hydrogen) atoms. The summed E-state index contributed by atoms with van der Waals surface area (Å²) in [4.78, 5) is 11.4. The molecular formula is C19H14F3N7O. The summed E-state index contributed by atoms with van der Waals surface area (Å²) in [5.74, 6) is -0.312. The van der Waals surface area contributed by atoms with Crippen molar-refractivity contribution in [2.24, 2.45) is 12.2 Å². The van der Waals surface area contributed by atoms with Crippen LogP contribution in [0, 0.1) is 0 Å². The van der Waals surface area contributed by atoms with Crippen molar-refractivity contribution in [1.29, 1.82) is 0 Å². The number of rotatable bonds is 5. The molecule has 8 nitrogen and oxygen atoms in total. The van der Waals surface area contributed by atoms with Gasteiger partial charge in [-0.3, -0.25) is 0 Å². The van der Waals surface area contributed by atoms with Crippen molar-refractivity contribution in [1.82, 2.24) is 19.1 Å². The minimum Gasteiger partial charge on any atom is -0.406 e. The third-order valence-electron chi connectivity index (χ3n) is 4.51. The van der Waals surface area contributed by atoms with E-state index in [-0.39, 0.29) is 12.3 Å². The van der Waals surface area contributed by atoms with Crippen molar-refractivity contribution >= 4 is 11.0 Å². The number of fused-ring (bicyclic) bond motifs is 1. The molecule has 0 saturated heterocycles. The van der Waals surface area contributed by atoms with Crippen LogP contribution in [0.15, 0.2) is 60.5 Å². The van der Waals surface area contributed by atoms with Gasteiger partial charge in [0.1, 0.15) is 5.75 Å². The number of azide groups is 1. The molecule has 0 unspecified atom stereocenters. The maximum atomic E-state index is 12.4. The van der Waals surface area contributed by atoms with Gasteiger partial charge in [0.2, 0.25) is 0 Å². The first-order chi connectivity index (χ1) is 14.4. The average Bonchev–Trinajstić information content (AvgIpc) is 3.36. The van der Waals surface area contributed by atoms with E-state index in [0.717, 1.165) is 11.2 Å². The van der Waals surface area contributed by atoms with Gasteiger partial charge < -0.3 is 13.9 Å². The van der Waals surface area contributed by atoms with Crippen LogP contribution in [0.2, 0.25) is 0 Å². The van der Waals surface area contributed by atoms with E-state index >= 15 is 0 Å². The predicted octanol–water partition coefficient (Wildman–Crippen LogP) is 5.13. The lowest BCUT2D eigenvalue weighted by molar-refractivity contribution is -0.274. The SMILES string of the molecule is Cn1cnc2c(-c3ccc(OC(F)(F)F)cc3)cc(CN=[N+]=[N-])c(-n3ccnc3)c21. The lowest BCUT2D eigenvalue weighted by Crippen LogP contribution is -2.16. The van der Waals surface area contributed by atoms with Gasteiger partial charge in [0.15, 0.2) is 0 Å². The smallest absolute Gasteiger partial charge is 0.406 e. The van der Waals surface area contributed by atoms with E-state index in [1.54, 1.807) is 29.6 Å². The molecule has 0 saturated carbocycles. The molecule has 0 amide bonds. The van der Waals surface area contributed by atoms with Crippen LogP contribution in [-0.4, -0.2) is 25.5 Å². The van der Waals surface area contributed by atoms with E-state index in [4.69, 9.17) is 5.53 Å². The van der Waals surface area contributed by atoms with Gasteiger partial charge in [-0.1, -0.05) is 17.2 Å². The van der Waals surface area contributed by atoms with Crippen LogP contribution in [0.3, 0.4) is 0 Å². The van der Waals surface area contributed by atoms with Crippen LogP contribution in [0.4, 0.5) is 13.2 Å². The highest BCUT2D eigenvalue weighted by atomic mass is 19.4. The Morgan fingerprint density at radius 3 is 2.60 bits per heavy atom. The van der Waals surface area contributed by atoms with Gasteiger partial charge in [0, 0.05) is 29.9 Å². The fourth-order valence-electron chi connectivity index (χ4n) is 3.33. The van der Waals surface area contributed by atoms with Gasteiger partial charge in [0.25, 0.3) is 0 Å². The minimum absolute atomic E-state index is 0.0768. The molecule has 0 spiro atoms. The highest BCUT2D eigenvalue weighted by Crippen LogP contribution is 2.36. The number of imidazole rings is 2. The van der Waals surface area contributed by atoms with Gasteiger partial charge in [0.05, 0.1) is 35.9 Å². The van der Waals surface area contributed by atoms with Crippen LogP contribution in [-0.2, 0) is 13.6 Å². The summed E-state index contributed by atoms with van der Waals surface area (Å²) in [6, 6.07) is 7.36. The summed E-state index contributed by atoms with van der Waals surface area (Å²) in [7, 11) is 1.83. The van der Waals surface area contributed by atoms with Gasteiger partial charge in [-0.25, -0.2) is 9.97 Å². The Hall–Kier alpha value is -3.98. The molecule has 0 atom stereocenters. The Morgan fingerprint density at radius 1 is 1.20 bits per heavy atom. The third kappa shape index (κ3) is 3.65. The first kappa shape index (κ1) is 19.3. The normalized spacial score (nSPS) is 11.5. The van der Waals surface area contributed by atoms with Crippen molar-refractivity contribution in [3.8, 4) is 22.6 Å². The Bertz CT molecular complexity index is 1240. The molecule has 2 aromatic carbocycles. The number of benzene rings is 2. The summed E-state index contributed by atoms with van der Waals surface area (Å²) < 4.78 is 44.9. The summed E-state index contributed by atoms with van der Waals surface area (Å²) in [6.07, 6.45) is 1.92. The molecule has 0 bridgehead atoms. The molecule has 11 heteroatoms. The highest BCUT2D eigenvalue weighted by Gasteiger charge is 2.31. The van der Waals surface area contributed by atoms with Crippen LogP contribution >= 0.6 is 0 Å². The zero-order chi connectivity index (χ0) is 21.3. The van der Waals surface area contributed by atoms with Gasteiger partial charge in [-0.2, -0.15) is 0 Å². The summed E-state index contributed by atoms with van der Waals surface area (Å²) in [5.41, 5.74) is 13.0. The first-order valence-electron chi connectivity index (χ1n) is 8.69. The lowest BCUT2D eigenvalue weighted by atomic mass is 9.99. The second-order valence-electron chi connectivity index (χ2n) is 6.42. The van der Waals surface area contributed by atoms with Crippen LogP contribution in [0.5, 0.6) is 5.75 Å². The first-order valence-corrected chi connectivity index (χ1v) is 8.69. The van der Waals surface area contributed by atoms with Crippen molar-refractivity contribution in [3.63, 3.8) is 0 Å². The Balaban J connectivity index is 1.91. The number of aryl methyl sites for hydroxylation is 1. The molecule has 0 radical (unpaired) electrons. The number of hydrogen-bond donors (Lipinski definition) is 0. The zero-order valence-electron chi connectivity index (χ0n) is 15.6. The highest BCUT2D eigenvalue weighted by molar-refractivity contribution is 5.98. The molecule has 4 aromatic rings. The molecule has 4 rings (SSSR count). The number of halogens is 3. The van der Waals surface area contributed by atoms with Crippen molar-refractivity contribution in [2.75, 3.05) is 0 Å². The van der Waals surface area contributed by atoms with Crippen molar-refractivity contribution < 1.29 is 17.9 Å². The fraction of sp³-hybridized carbons (Fsp3) is 0.158. The van der Waals surface area contributed by atoms with E-state index in [2.05, 4.69) is 24.7 Å². The van der Waals surface area contributed by atoms with Crippen molar-refractivity contribution in [2.45, 2.75) is 12.9 Å². The fourth-order valence-corrected chi connectivity index (χ4v) is 3.33. The Kier molecular flexibility index (Phi) is 4.80. The third-order valence-corrected chi connectivity index (χ3v) is 4.51. The summed E-state index contributed by atoms with van der Waals surface area (Å²) in [6.45, 7) is 0.0768. The number of aromatic nitrogens is 4. The van der Waals surface area contributed by atoms with Crippen LogP contribution < -0.4 is 4.74 Å². The topological polar surface area (TPSA) is 93.6 Å². The Morgan fingerprint density at radius 2 is 1.97 bits per heavy atom. The number of alkyl halides is 3. The molecule has 0 aliphatic carbocycles. The monoisotopic (exact) mass is 413 g/mol. The van der Waals surface area contributed by atoms with E-state index in [1.165, 1.54) is 24.3 Å². The van der Waals surface area contributed by atoms with Gasteiger partial charge in [-0.05, 0) is 34.9 Å². The van der Waals surface area contributed by atoms with E-state index in [9.17, 15) is 13.2 Å². The van der Waals surface area contributed by atoms with Crippen LogP contribution in [0.1, 0.15) is 5.56 Å². The quantitative estimate of drug-likeness (QED) is 0.258. The average molecular weight is 413 g/mol. The van der Waals surface area contributed by atoms with Crippen LogP contribution in [0.25, 0.3) is 38.3 Å². The second kappa shape index (κ2) is 7.45. The number of ether oxygens (including phenoxy) is 1. The number of nitrogens with zero attached hydrogens (tertiary/aromatic N) is 7. The molecule has 0 N–H and O–H groups in total. The van der Waals surface area contributed by atoms with Gasteiger partial charge in [-0.15, -0.1) is 13.2 Å². The van der Waals surface area contributed by atoms with Gasteiger partial charge >= 0.3 is 6.36 Å². The Labute approximate surface area is 167 Å². The van der Waals surface area contributed by atoms with E-state index in [0.29, 0.717) is 22.2 Å². The molecule has 0 fully saturated rings. The predicted molar refractivity (Wildman–Crippen MR) is 103 cm³/mol. The van der Waals surface area contributed by atoms with Crippen molar-refractivity contribution in [3.05, 3.63) is 71.4 Å². The molecule has 2 aromatic heterocycles. The zero-order valence-corrected chi connectivity index (χ0v) is 15.6. The molecule has 0 aliphatic rings. The maximum Gasteiger partial charge on any atom is 0.573 e. The summed E-state index contributed by atoms with van der Waals surface area (Å²) >= 11 is 0. The molecule has 2 heterocycles. The number of hydrogen-bond acceptors (Lipinski definition) is 4. The molecular weight excluding hydrogens is 399 g/mol. The summed E-state index contributed by atoms with van der Waals surface area (Å²) in [5, 5.41) is 3.69. The standard InChI is InChI=1S/C19H14F3N7O/c1-28-11-25-16-15(12-2-4-14(5-3-12)30-19(20,21)22)8-13(9-26-27-23)17(18(16)28)29-7-6-24-10-29/h2-8,10-11H,9H2,1H3. The van der Waals surface area contributed by atoms with E-state index in [1.807, 2.05) is 17.7 Å². The van der Waals surface area contributed by atoms with E-state index < -0.39 is 6.36 Å². The maximum absolute atomic E-state index is 12.4. The second-order valence-corrected chi connectivity index (χ2v) is 6.42. The molecule has 0 aliphatic heterocycles. The minimum atomic E-state index is -4.76.